The fourth-order valence-corrected chi connectivity index (χ4v) is 3.62. The Morgan fingerprint density at radius 3 is 2.62 bits per heavy atom. The first-order valence-corrected chi connectivity index (χ1v) is 8.35. The molecule has 2 heterocycles. The van der Waals surface area contributed by atoms with Crippen LogP contribution in [0.2, 0.25) is 5.02 Å². The molecule has 0 radical (unpaired) electrons. The zero-order valence-corrected chi connectivity index (χ0v) is 13.6. The molecule has 3 aromatic rings. The number of alkyl halides is 3. The molecule has 2 N–H and O–H groups in total. The number of fused-ring (bicyclic) bond motifs is 1. The van der Waals surface area contributed by atoms with Gasteiger partial charge in [0.05, 0.1) is 0 Å². The van der Waals surface area contributed by atoms with Gasteiger partial charge in [0.15, 0.2) is 5.69 Å². The molecule has 0 fully saturated rings. The number of anilines is 1. The number of H-pyrrole nitrogens is 1. The van der Waals surface area contributed by atoms with Gasteiger partial charge < -0.3 is 4.98 Å². The van der Waals surface area contributed by atoms with Gasteiger partial charge in [-0.3, -0.25) is 9.40 Å². The molecule has 0 aliphatic carbocycles. The zero-order valence-electron chi connectivity index (χ0n) is 12.0. The number of rotatable bonds is 3. The predicted octanol–water partition coefficient (Wildman–Crippen LogP) is 3.37. The van der Waals surface area contributed by atoms with Crippen LogP contribution in [0.1, 0.15) is 5.69 Å². The first kappa shape index (κ1) is 16.7. The number of hydrogen-bond acceptors (Lipinski definition) is 3. The highest BCUT2D eigenvalue weighted by atomic mass is 35.5. The Labute approximate surface area is 139 Å². The van der Waals surface area contributed by atoms with E-state index in [2.05, 4.69) is 14.8 Å². The molecule has 0 bridgehead atoms. The lowest BCUT2D eigenvalue weighted by Gasteiger charge is -2.06. The van der Waals surface area contributed by atoms with E-state index in [1.807, 2.05) is 0 Å². The van der Waals surface area contributed by atoms with Crippen LogP contribution in [0.3, 0.4) is 0 Å². The van der Waals surface area contributed by atoms with Crippen LogP contribution in [0.15, 0.2) is 35.4 Å². The van der Waals surface area contributed by atoms with E-state index < -0.39 is 21.9 Å². The van der Waals surface area contributed by atoms with E-state index in [-0.39, 0.29) is 10.7 Å². The second-order valence-electron chi connectivity index (χ2n) is 4.98. The summed E-state index contributed by atoms with van der Waals surface area (Å²) in [6.07, 6.45) is -3.43. The third-order valence-electron chi connectivity index (χ3n) is 3.30. The molecule has 0 atom stereocenters. The van der Waals surface area contributed by atoms with Crippen molar-refractivity contribution in [3.8, 4) is 0 Å². The van der Waals surface area contributed by atoms with Crippen molar-refractivity contribution in [3.05, 3.63) is 41.2 Å². The van der Waals surface area contributed by atoms with Crippen LogP contribution in [0.5, 0.6) is 0 Å². The van der Waals surface area contributed by atoms with Crippen molar-refractivity contribution in [3.63, 3.8) is 0 Å². The first-order chi connectivity index (χ1) is 11.1. The van der Waals surface area contributed by atoms with Crippen LogP contribution in [-0.4, -0.2) is 23.2 Å². The summed E-state index contributed by atoms with van der Waals surface area (Å²) in [5.74, 6) is -0.300. The number of halogens is 4. The molecular formula is C13H10ClF3N4O2S. The average Bonchev–Trinajstić information content (AvgIpc) is 3.02. The van der Waals surface area contributed by atoms with Crippen molar-refractivity contribution in [2.75, 3.05) is 4.72 Å². The molecular weight excluding hydrogens is 369 g/mol. The van der Waals surface area contributed by atoms with E-state index in [0.29, 0.717) is 22.0 Å². The minimum atomic E-state index is -4.67. The lowest BCUT2D eigenvalue weighted by Crippen LogP contribution is -2.15. The van der Waals surface area contributed by atoms with E-state index in [0.717, 1.165) is 4.68 Å². The average molecular weight is 379 g/mol. The number of aromatic amines is 1. The van der Waals surface area contributed by atoms with Crippen molar-refractivity contribution in [1.82, 2.24) is 14.8 Å². The monoisotopic (exact) mass is 378 g/mol. The first-order valence-electron chi connectivity index (χ1n) is 6.48. The van der Waals surface area contributed by atoms with E-state index in [1.54, 1.807) is 6.07 Å². The molecule has 3 rings (SSSR count). The van der Waals surface area contributed by atoms with Gasteiger partial charge >= 0.3 is 6.18 Å². The molecule has 0 saturated heterocycles. The molecule has 128 valence electrons. The SMILES string of the molecule is Cn1nc(C(F)(F)F)cc1NS(=O)(=O)c1c[nH]c2cc(Cl)ccc12. The van der Waals surface area contributed by atoms with Crippen molar-refractivity contribution < 1.29 is 21.6 Å². The number of nitrogens with zero attached hydrogens (tertiary/aromatic N) is 2. The molecule has 0 saturated carbocycles. The quantitative estimate of drug-likeness (QED) is 0.733. The number of nitrogens with one attached hydrogen (secondary N) is 2. The maximum atomic E-state index is 12.7. The van der Waals surface area contributed by atoms with Crippen LogP contribution in [0.4, 0.5) is 19.0 Å². The normalized spacial score (nSPS) is 12.7. The molecule has 1 aromatic carbocycles. The molecule has 24 heavy (non-hydrogen) atoms. The van der Waals surface area contributed by atoms with Crippen molar-refractivity contribution >= 4 is 38.3 Å². The third-order valence-corrected chi connectivity index (χ3v) is 4.93. The fraction of sp³-hybridized carbons (Fsp3) is 0.154. The molecule has 0 aliphatic heterocycles. The molecule has 0 spiro atoms. The topological polar surface area (TPSA) is 79.8 Å². The van der Waals surface area contributed by atoms with Gasteiger partial charge in [-0.2, -0.15) is 18.3 Å². The van der Waals surface area contributed by atoms with E-state index >= 15 is 0 Å². The summed E-state index contributed by atoms with van der Waals surface area (Å²) >= 11 is 5.84. The van der Waals surface area contributed by atoms with E-state index in [4.69, 9.17) is 11.6 Å². The Balaban J connectivity index is 2.01. The summed E-state index contributed by atoms with van der Waals surface area (Å²) in [5, 5.41) is 4.05. The summed E-state index contributed by atoms with van der Waals surface area (Å²) in [5.41, 5.74) is -0.697. The van der Waals surface area contributed by atoms with Crippen LogP contribution in [0.25, 0.3) is 10.9 Å². The summed E-state index contributed by atoms with van der Waals surface area (Å²) < 4.78 is 65.9. The second-order valence-corrected chi connectivity index (χ2v) is 7.07. The Morgan fingerprint density at radius 1 is 1.29 bits per heavy atom. The van der Waals surface area contributed by atoms with Gasteiger partial charge in [0.1, 0.15) is 10.7 Å². The molecule has 0 unspecified atom stereocenters. The minimum Gasteiger partial charge on any atom is -0.360 e. The molecule has 6 nitrogen and oxygen atoms in total. The third kappa shape index (κ3) is 2.94. The number of aromatic nitrogens is 3. The number of hydrogen-bond donors (Lipinski definition) is 2. The summed E-state index contributed by atoms with van der Waals surface area (Å²) in [4.78, 5) is 2.65. The highest BCUT2D eigenvalue weighted by molar-refractivity contribution is 7.93. The number of sulfonamides is 1. The second kappa shape index (κ2) is 5.42. The smallest absolute Gasteiger partial charge is 0.360 e. The van der Waals surface area contributed by atoms with Crippen molar-refractivity contribution in [1.29, 1.82) is 0 Å². The van der Waals surface area contributed by atoms with Gasteiger partial charge in [0, 0.05) is 35.2 Å². The number of benzene rings is 1. The van der Waals surface area contributed by atoms with E-state index in [1.165, 1.54) is 25.4 Å². The standard InChI is InChI=1S/C13H10ClF3N4O2S/c1-21-12(5-11(19-21)13(15,16)17)20-24(22,23)10-6-18-9-4-7(14)2-3-8(9)10/h2-6,18,20H,1H3. The van der Waals surface area contributed by atoms with Gasteiger partial charge in [0.25, 0.3) is 10.0 Å². The molecule has 11 heteroatoms. The zero-order chi connectivity index (χ0) is 17.7. The largest absolute Gasteiger partial charge is 0.435 e. The van der Waals surface area contributed by atoms with Gasteiger partial charge in [-0.1, -0.05) is 11.6 Å². The Kier molecular flexibility index (Phi) is 3.76. The van der Waals surface area contributed by atoms with Crippen LogP contribution in [0, 0.1) is 0 Å². The predicted molar refractivity (Wildman–Crippen MR) is 82.3 cm³/mol. The number of aryl methyl sites for hydroxylation is 1. The maximum Gasteiger partial charge on any atom is 0.435 e. The molecule has 0 aliphatic rings. The highest BCUT2D eigenvalue weighted by Crippen LogP contribution is 2.31. The van der Waals surface area contributed by atoms with Gasteiger partial charge in [0.2, 0.25) is 0 Å². The molecule has 2 aromatic heterocycles. The van der Waals surface area contributed by atoms with Crippen LogP contribution < -0.4 is 4.72 Å². The van der Waals surface area contributed by atoms with E-state index in [9.17, 15) is 21.6 Å². The van der Waals surface area contributed by atoms with Crippen LogP contribution in [-0.2, 0) is 23.2 Å². The summed E-state index contributed by atoms with van der Waals surface area (Å²) in [6, 6.07) is 5.20. The fourth-order valence-electron chi connectivity index (χ4n) is 2.19. The highest BCUT2D eigenvalue weighted by Gasteiger charge is 2.35. The molecule has 0 amide bonds. The van der Waals surface area contributed by atoms with Crippen molar-refractivity contribution in [2.45, 2.75) is 11.1 Å². The summed E-state index contributed by atoms with van der Waals surface area (Å²) in [6.45, 7) is 0. The van der Waals surface area contributed by atoms with Crippen LogP contribution >= 0.6 is 11.6 Å². The van der Waals surface area contributed by atoms with Gasteiger partial charge in [-0.05, 0) is 18.2 Å². The lowest BCUT2D eigenvalue weighted by molar-refractivity contribution is -0.141. The summed E-state index contributed by atoms with van der Waals surface area (Å²) in [7, 11) is -2.91. The maximum absolute atomic E-state index is 12.7. The Hall–Kier alpha value is -2.20. The van der Waals surface area contributed by atoms with Crippen molar-refractivity contribution in [2.24, 2.45) is 7.05 Å². The lowest BCUT2D eigenvalue weighted by atomic mass is 10.2. The van der Waals surface area contributed by atoms with Gasteiger partial charge in [-0.15, -0.1) is 0 Å². The Morgan fingerprint density at radius 2 is 2.00 bits per heavy atom. The van der Waals surface area contributed by atoms with Gasteiger partial charge in [-0.25, -0.2) is 8.42 Å². The minimum absolute atomic E-state index is 0.107. The Bertz CT molecular complexity index is 1020.